The number of hydrogen-bond acceptors (Lipinski definition) is 3. The summed E-state index contributed by atoms with van der Waals surface area (Å²) in [5.41, 5.74) is 0. The molecule has 1 atom stereocenters. The van der Waals surface area contributed by atoms with Gasteiger partial charge in [-0.1, -0.05) is 9.43 Å². The van der Waals surface area contributed by atoms with Gasteiger partial charge < -0.3 is 0 Å². The number of hydrogen-bond donors (Lipinski definition) is 0. The summed E-state index contributed by atoms with van der Waals surface area (Å²) in [5.74, 6) is 1.78. The van der Waals surface area contributed by atoms with Crippen LogP contribution in [0.3, 0.4) is 0 Å². The highest BCUT2D eigenvalue weighted by Crippen LogP contribution is 2.62. The van der Waals surface area contributed by atoms with Crippen molar-refractivity contribution in [1.82, 2.24) is 4.31 Å². The predicted octanol–water partition coefficient (Wildman–Crippen LogP) is 2.10. The molecule has 2 saturated heterocycles. The predicted molar refractivity (Wildman–Crippen MR) is 61.3 cm³/mol. The summed E-state index contributed by atoms with van der Waals surface area (Å²) in [6.45, 7) is 0. The van der Waals surface area contributed by atoms with Crippen LogP contribution in [0.25, 0.3) is 0 Å². The van der Waals surface area contributed by atoms with Gasteiger partial charge in [0.15, 0.2) is 0 Å². The van der Waals surface area contributed by atoms with Gasteiger partial charge in [0.2, 0.25) is 11.8 Å². The van der Waals surface area contributed by atoms with Crippen molar-refractivity contribution in [3.05, 3.63) is 0 Å². The van der Waals surface area contributed by atoms with Crippen LogP contribution in [0.5, 0.6) is 0 Å². The number of amides is 2. The van der Waals surface area contributed by atoms with Crippen LogP contribution in [0.4, 0.5) is 0 Å². The normalized spacial score (nSPS) is 38.5. The van der Waals surface area contributed by atoms with Crippen LogP contribution in [0.2, 0.25) is 0 Å². The Kier molecular flexibility index (Phi) is 3.00. The topological polar surface area (TPSA) is 37.4 Å². The SMILES string of the molecule is O=C1CCC(=O)N1S1(Cl)CCCSC1. The first-order valence-electron chi connectivity index (χ1n) is 4.55. The maximum absolute atomic E-state index is 11.5. The number of halogens is 1. The van der Waals surface area contributed by atoms with E-state index in [2.05, 4.69) is 0 Å². The van der Waals surface area contributed by atoms with Crippen molar-refractivity contribution >= 4 is 43.7 Å². The maximum Gasteiger partial charge on any atom is 0.239 e. The van der Waals surface area contributed by atoms with E-state index in [1.54, 1.807) is 11.8 Å². The Bertz CT molecular complexity index is 263. The first kappa shape index (κ1) is 10.6. The van der Waals surface area contributed by atoms with Crippen LogP contribution in [-0.4, -0.2) is 32.7 Å². The zero-order chi connectivity index (χ0) is 10.2. The lowest BCUT2D eigenvalue weighted by Crippen LogP contribution is -2.34. The molecule has 1 unspecified atom stereocenters. The maximum atomic E-state index is 11.5. The molecule has 0 N–H and O–H groups in total. The molecule has 0 saturated carbocycles. The summed E-state index contributed by atoms with van der Waals surface area (Å²) in [6, 6.07) is 0. The molecule has 0 aromatic carbocycles. The quantitative estimate of drug-likeness (QED) is 0.672. The standard InChI is InChI=1S/C8H12ClNO2S2/c9-14(5-1-4-13-6-14)10-7(11)2-3-8(10)12/h1-6H2. The summed E-state index contributed by atoms with van der Waals surface area (Å²) < 4.78 is 1.38. The molecule has 3 nitrogen and oxygen atoms in total. The Balaban J connectivity index is 2.18. The monoisotopic (exact) mass is 253 g/mol. The fourth-order valence-corrected chi connectivity index (χ4v) is 7.65. The van der Waals surface area contributed by atoms with Gasteiger partial charge in [0.25, 0.3) is 0 Å². The van der Waals surface area contributed by atoms with Gasteiger partial charge in [-0.05, 0) is 22.9 Å². The van der Waals surface area contributed by atoms with Crippen molar-refractivity contribution in [1.29, 1.82) is 0 Å². The van der Waals surface area contributed by atoms with Crippen LogP contribution in [0, 0.1) is 0 Å². The van der Waals surface area contributed by atoms with Gasteiger partial charge >= 0.3 is 0 Å². The third-order valence-corrected chi connectivity index (χ3v) is 8.69. The van der Waals surface area contributed by atoms with Crippen molar-refractivity contribution in [2.24, 2.45) is 0 Å². The van der Waals surface area contributed by atoms with E-state index in [-0.39, 0.29) is 11.8 Å². The molecule has 0 aromatic heterocycles. The average Bonchev–Trinajstić information content (AvgIpc) is 2.48. The lowest BCUT2D eigenvalue weighted by molar-refractivity contribution is -0.131. The van der Waals surface area contributed by atoms with Crippen molar-refractivity contribution < 1.29 is 9.59 Å². The minimum Gasteiger partial charge on any atom is -0.273 e. The van der Waals surface area contributed by atoms with E-state index < -0.39 is 9.43 Å². The highest BCUT2D eigenvalue weighted by molar-refractivity contribution is 8.54. The molecule has 6 heteroatoms. The van der Waals surface area contributed by atoms with Crippen molar-refractivity contribution in [3.8, 4) is 0 Å². The van der Waals surface area contributed by atoms with Gasteiger partial charge in [0.1, 0.15) is 0 Å². The Morgan fingerprint density at radius 1 is 1.29 bits per heavy atom. The molecule has 2 heterocycles. The number of rotatable bonds is 1. The number of carbonyl (C=O) groups is 2. The largest absolute Gasteiger partial charge is 0.273 e. The van der Waals surface area contributed by atoms with Crippen LogP contribution in [0.15, 0.2) is 0 Å². The molecule has 2 amide bonds. The first-order chi connectivity index (χ1) is 6.63. The summed E-state index contributed by atoms with van der Waals surface area (Å²) in [5, 5.41) is 0.756. The molecular formula is C8H12ClNO2S2. The van der Waals surface area contributed by atoms with Crippen LogP contribution < -0.4 is 0 Å². The minimum atomic E-state index is -1.65. The summed E-state index contributed by atoms with van der Waals surface area (Å²) in [6.07, 6.45) is 1.72. The van der Waals surface area contributed by atoms with Crippen molar-refractivity contribution in [3.63, 3.8) is 0 Å². The molecule has 0 bridgehead atoms. The molecule has 2 fully saturated rings. The molecule has 2 aliphatic heterocycles. The molecule has 80 valence electrons. The van der Waals surface area contributed by atoms with Gasteiger partial charge in [-0.15, -0.1) is 11.8 Å². The number of carbonyl (C=O) groups excluding carboxylic acids is 2. The van der Waals surface area contributed by atoms with Crippen molar-refractivity contribution in [2.45, 2.75) is 19.3 Å². The number of nitrogens with zero attached hydrogens (tertiary/aromatic N) is 1. The van der Waals surface area contributed by atoms with E-state index in [0.717, 1.165) is 23.0 Å². The molecule has 0 aromatic rings. The molecule has 2 rings (SSSR count). The van der Waals surface area contributed by atoms with E-state index in [4.69, 9.17) is 10.7 Å². The van der Waals surface area contributed by atoms with Gasteiger partial charge in [-0.3, -0.25) is 9.59 Å². The zero-order valence-corrected chi connectivity index (χ0v) is 10.1. The second kappa shape index (κ2) is 3.94. The lowest BCUT2D eigenvalue weighted by atomic mass is 10.4. The Morgan fingerprint density at radius 3 is 2.43 bits per heavy atom. The van der Waals surface area contributed by atoms with E-state index in [1.165, 1.54) is 4.31 Å². The smallest absolute Gasteiger partial charge is 0.239 e. The highest BCUT2D eigenvalue weighted by Gasteiger charge is 2.42. The fraction of sp³-hybridized carbons (Fsp3) is 0.750. The summed E-state index contributed by atoms with van der Waals surface area (Å²) >= 11 is 1.75. The molecule has 2 aliphatic rings. The summed E-state index contributed by atoms with van der Waals surface area (Å²) in [7, 11) is 4.77. The molecule has 0 spiro atoms. The van der Waals surface area contributed by atoms with Crippen LogP contribution in [-0.2, 0) is 9.59 Å². The average molecular weight is 254 g/mol. The minimum absolute atomic E-state index is 0.0671. The van der Waals surface area contributed by atoms with Gasteiger partial charge in [0, 0.05) is 18.6 Å². The first-order valence-corrected chi connectivity index (χ1v) is 8.46. The molecule has 0 radical (unpaired) electrons. The Labute approximate surface area is 93.5 Å². The fourth-order valence-electron chi connectivity index (χ4n) is 1.69. The van der Waals surface area contributed by atoms with E-state index in [0.29, 0.717) is 12.8 Å². The summed E-state index contributed by atoms with van der Waals surface area (Å²) in [4.78, 5) is 23.0. The second-order valence-electron chi connectivity index (χ2n) is 3.42. The van der Waals surface area contributed by atoms with Crippen LogP contribution in [0.1, 0.15) is 19.3 Å². The van der Waals surface area contributed by atoms with E-state index in [1.807, 2.05) is 0 Å². The van der Waals surface area contributed by atoms with Crippen molar-refractivity contribution in [2.75, 3.05) is 16.6 Å². The molecule has 0 aliphatic carbocycles. The van der Waals surface area contributed by atoms with Gasteiger partial charge in [-0.25, -0.2) is 4.31 Å². The molecular weight excluding hydrogens is 242 g/mol. The second-order valence-corrected chi connectivity index (χ2v) is 9.17. The Morgan fingerprint density at radius 2 is 1.93 bits per heavy atom. The number of imide groups is 1. The molecule has 14 heavy (non-hydrogen) atoms. The third kappa shape index (κ3) is 1.77. The zero-order valence-electron chi connectivity index (χ0n) is 7.70. The van der Waals surface area contributed by atoms with E-state index in [9.17, 15) is 9.59 Å². The highest BCUT2D eigenvalue weighted by atomic mass is 35.7. The van der Waals surface area contributed by atoms with Gasteiger partial charge in [0.05, 0.1) is 5.08 Å². The number of thioether (sulfide) groups is 1. The lowest BCUT2D eigenvalue weighted by Gasteiger charge is -2.41. The van der Waals surface area contributed by atoms with Gasteiger partial charge in [-0.2, -0.15) is 0 Å². The third-order valence-electron chi connectivity index (χ3n) is 2.34. The Hall–Kier alpha value is 0.130. The van der Waals surface area contributed by atoms with E-state index >= 15 is 0 Å². The van der Waals surface area contributed by atoms with Crippen LogP contribution >= 0.6 is 31.9 Å².